The van der Waals surface area contributed by atoms with Gasteiger partial charge >= 0.3 is 0 Å². The molecule has 12 aromatic carbocycles. The Morgan fingerprint density at radius 1 is 0.213 bits per heavy atom. The smallest absolute Gasteiger partial charge is 0.0714 e. The molecule has 0 radical (unpaired) electrons. The van der Waals surface area contributed by atoms with Gasteiger partial charge in [0.25, 0.3) is 0 Å². The first-order chi connectivity index (χ1) is 37.2. The van der Waals surface area contributed by atoms with Gasteiger partial charge in [0, 0.05) is 22.5 Å². The van der Waals surface area contributed by atoms with E-state index in [0.717, 1.165) is 39.3 Å². The molecule has 14 rings (SSSR count). The molecule has 352 valence electrons. The minimum absolute atomic E-state index is 0.488. The standard InChI is InChI=1S/C74H51N/c1-7-25-52(26-8-1)62-40-23-41-63(53-27-9-2-10-28-53)72(62)75(60-49-50-65-64-37-19-21-42-67(64)74(70(65)51-60,57-33-15-5-16-34-57)58-35-17-6-18-36-58)59-47-45-54(46-48-59)61-39-24-44-69-71(61)66-38-20-22-43-68(66)73(69,55-29-11-3-12-30-55)56-31-13-4-14-32-56/h1-51H. The van der Waals surface area contributed by atoms with E-state index >= 15 is 0 Å². The maximum Gasteiger partial charge on any atom is 0.0714 e. The molecule has 0 atom stereocenters. The van der Waals surface area contributed by atoms with Gasteiger partial charge in [-0.05, 0) is 113 Å². The number of hydrogen-bond donors (Lipinski definition) is 0. The molecule has 1 nitrogen and oxygen atoms in total. The predicted octanol–water partition coefficient (Wildman–Crippen LogP) is 18.9. The number of benzene rings is 12. The summed E-state index contributed by atoms with van der Waals surface area (Å²) in [5.41, 5.74) is 24.4. The van der Waals surface area contributed by atoms with Crippen molar-refractivity contribution < 1.29 is 0 Å². The molecule has 0 saturated heterocycles. The molecule has 0 N–H and O–H groups in total. The Kier molecular flexibility index (Phi) is 10.7. The van der Waals surface area contributed by atoms with Crippen molar-refractivity contribution in [3.05, 3.63) is 354 Å². The molecule has 2 aliphatic rings. The average Bonchev–Trinajstić information content (AvgIpc) is 4.06. The Morgan fingerprint density at radius 2 is 0.560 bits per heavy atom. The largest absolute Gasteiger partial charge is 0.309 e. The van der Waals surface area contributed by atoms with Crippen molar-refractivity contribution in [2.75, 3.05) is 4.90 Å². The molecule has 12 aromatic rings. The zero-order chi connectivity index (χ0) is 49.8. The fraction of sp³-hybridized carbons (Fsp3) is 0.0270. The average molecular weight is 954 g/mol. The lowest BCUT2D eigenvalue weighted by atomic mass is 9.67. The number of anilines is 3. The predicted molar refractivity (Wildman–Crippen MR) is 312 cm³/mol. The quantitative estimate of drug-likeness (QED) is 0.132. The van der Waals surface area contributed by atoms with Crippen LogP contribution in [0.2, 0.25) is 0 Å². The normalized spacial score (nSPS) is 13.3. The van der Waals surface area contributed by atoms with Crippen LogP contribution >= 0.6 is 0 Å². The van der Waals surface area contributed by atoms with Gasteiger partial charge in [0.2, 0.25) is 0 Å². The maximum atomic E-state index is 2.53. The Balaban J connectivity index is 1.02. The van der Waals surface area contributed by atoms with Crippen molar-refractivity contribution in [3.63, 3.8) is 0 Å². The third-order valence-corrected chi connectivity index (χ3v) is 16.0. The van der Waals surface area contributed by atoms with Crippen molar-refractivity contribution in [1.82, 2.24) is 0 Å². The molecule has 0 amide bonds. The third-order valence-electron chi connectivity index (χ3n) is 16.0. The fourth-order valence-corrected chi connectivity index (χ4v) is 13.0. The van der Waals surface area contributed by atoms with E-state index in [2.05, 4.69) is 314 Å². The molecular weight excluding hydrogens is 903 g/mol. The van der Waals surface area contributed by atoms with Crippen LogP contribution in [-0.4, -0.2) is 0 Å². The van der Waals surface area contributed by atoms with E-state index < -0.39 is 10.8 Å². The molecule has 0 spiro atoms. The highest BCUT2D eigenvalue weighted by atomic mass is 15.1. The van der Waals surface area contributed by atoms with Crippen LogP contribution in [0, 0.1) is 0 Å². The van der Waals surface area contributed by atoms with Gasteiger partial charge in [-0.25, -0.2) is 0 Å². The summed E-state index contributed by atoms with van der Waals surface area (Å²) in [5.74, 6) is 0. The van der Waals surface area contributed by atoms with Gasteiger partial charge in [-0.2, -0.15) is 0 Å². The molecule has 75 heavy (non-hydrogen) atoms. The second kappa shape index (κ2) is 18.2. The highest BCUT2D eigenvalue weighted by Crippen LogP contribution is 2.60. The van der Waals surface area contributed by atoms with Gasteiger partial charge in [-0.15, -0.1) is 0 Å². The van der Waals surface area contributed by atoms with Crippen molar-refractivity contribution in [3.8, 4) is 55.6 Å². The van der Waals surface area contributed by atoms with Crippen LogP contribution in [0.3, 0.4) is 0 Å². The zero-order valence-electron chi connectivity index (χ0n) is 41.4. The first kappa shape index (κ1) is 44.2. The second-order valence-electron chi connectivity index (χ2n) is 19.8. The van der Waals surface area contributed by atoms with Crippen molar-refractivity contribution in [2.24, 2.45) is 0 Å². The van der Waals surface area contributed by atoms with E-state index in [-0.39, 0.29) is 0 Å². The van der Waals surface area contributed by atoms with E-state index in [0.29, 0.717) is 0 Å². The second-order valence-corrected chi connectivity index (χ2v) is 19.8. The van der Waals surface area contributed by atoms with Crippen LogP contribution in [0.5, 0.6) is 0 Å². The van der Waals surface area contributed by atoms with E-state index in [9.17, 15) is 0 Å². The number of hydrogen-bond acceptors (Lipinski definition) is 1. The zero-order valence-corrected chi connectivity index (χ0v) is 41.4. The number of para-hydroxylation sites is 1. The summed E-state index contributed by atoms with van der Waals surface area (Å²) in [7, 11) is 0. The highest BCUT2D eigenvalue weighted by molar-refractivity contribution is 6.00. The Morgan fingerprint density at radius 3 is 1.08 bits per heavy atom. The third kappa shape index (κ3) is 6.86. The monoisotopic (exact) mass is 953 g/mol. The van der Waals surface area contributed by atoms with Gasteiger partial charge in [0.05, 0.1) is 16.5 Å². The number of rotatable bonds is 10. The molecule has 0 unspecified atom stereocenters. The minimum atomic E-state index is -0.570. The van der Waals surface area contributed by atoms with Crippen molar-refractivity contribution in [1.29, 1.82) is 0 Å². The summed E-state index contributed by atoms with van der Waals surface area (Å²) in [6, 6.07) is 115. The van der Waals surface area contributed by atoms with E-state index in [4.69, 9.17) is 0 Å². The Bertz CT molecular complexity index is 3880. The molecule has 1 heteroatoms. The summed E-state index contributed by atoms with van der Waals surface area (Å²) >= 11 is 0. The molecular formula is C74H51N. The summed E-state index contributed by atoms with van der Waals surface area (Å²) in [6.07, 6.45) is 0. The lowest BCUT2D eigenvalue weighted by Crippen LogP contribution is -2.28. The Labute approximate surface area is 440 Å². The molecule has 0 aromatic heterocycles. The SMILES string of the molecule is c1ccc(-c2cccc(-c3ccccc3)c2N(c2ccc(-c3cccc4c3-c3ccccc3C4(c3ccccc3)c3ccccc3)cc2)c2ccc3c(c2)C(c2ccccc2)(c2ccccc2)c2ccccc2-3)cc1. The van der Waals surface area contributed by atoms with Crippen LogP contribution in [0.4, 0.5) is 17.1 Å². The lowest BCUT2D eigenvalue weighted by molar-refractivity contribution is 0.768. The summed E-state index contributed by atoms with van der Waals surface area (Å²) in [5, 5.41) is 0. The van der Waals surface area contributed by atoms with Gasteiger partial charge in [-0.3, -0.25) is 0 Å². The molecule has 0 aliphatic heterocycles. The first-order valence-corrected chi connectivity index (χ1v) is 26.1. The van der Waals surface area contributed by atoms with Gasteiger partial charge in [-0.1, -0.05) is 285 Å². The van der Waals surface area contributed by atoms with Crippen LogP contribution in [0.15, 0.2) is 309 Å². The van der Waals surface area contributed by atoms with Gasteiger partial charge < -0.3 is 4.90 Å². The molecule has 0 saturated carbocycles. The minimum Gasteiger partial charge on any atom is -0.309 e. The number of nitrogens with zero attached hydrogens (tertiary/aromatic N) is 1. The first-order valence-electron chi connectivity index (χ1n) is 26.1. The number of fused-ring (bicyclic) bond motifs is 6. The fourth-order valence-electron chi connectivity index (χ4n) is 13.0. The topological polar surface area (TPSA) is 3.24 Å². The molecule has 0 fully saturated rings. The Hall–Kier alpha value is -9.56. The van der Waals surface area contributed by atoms with Crippen LogP contribution in [0.25, 0.3) is 55.6 Å². The molecule has 0 bridgehead atoms. The van der Waals surface area contributed by atoms with E-state index in [1.165, 1.54) is 77.9 Å². The van der Waals surface area contributed by atoms with E-state index in [1.54, 1.807) is 0 Å². The summed E-state index contributed by atoms with van der Waals surface area (Å²) < 4.78 is 0. The van der Waals surface area contributed by atoms with Gasteiger partial charge in [0.1, 0.15) is 0 Å². The van der Waals surface area contributed by atoms with Crippen molar-refractivity contribution in [2.45, 2.75) is 10.8 Å². The van der Waals surface area contributed by atoms with Crippen molar-refractivity contribution >= 4 is 17.1 Å². The van der Waals surface area contributed by atoms with Crippen LogP contribution in [-0.2, 0) is 10.8 Å². The lowest BCUT2D eigenvalue weighted by Gasteiger charge is -2.35. The molecule has 2 aliphatic carbocycles. The summed E-state index contributed by atoms with van der Waals surface area (Å²) in [6.45, 7) is 0. The highest BCUT2D eigenvalue weighted by Gasteiger charge is 2.48. The van der Waals surface area contributed by atoms with Crippen LogP contribution < -0.4 is 4.90 Å². The van der Waals surface area contributed by atoms with E-state index in [1.807, 2.05) is 0 Å². The maximum absolute atomic E-state index is 2.53. The van der Waals surface area contributed by atoms with Crippen LogP contribution in [0.1, 0.15) is 44.5 Å². The molecule has 0 heterocycles. The summed E-state index contributed by atoms with van der Waals surface area (Å²) in [4.78, 5) is 2.53. The van der Waals surface area contributed by atoms with Gasteiger partial charge in [0.15, 0.2) is 0 Å².